The number of alkyl halides is 9. The first kappa shape index (κ1) is 89.8. The fourth-order valence-corrected chi connectivity index (χ4v) is 15.3. The van der Waals surface area contributed by atoms with E-state index in [0.717, 1.165) is 132 Å². The highest BCUT2D eigenvalue weighted by atomic mass is 19.4. The number of amides is 3. The molecule has 9 heterocycles. The number of anilines is 6. The number of aromatic nitrogens is 9. The number of hydrogen-bond donors (Lipinski definition) is 7. The number of hydroxylamine groups is 3. The Labute approximate surface area is 709 Å². The second kappa shape index (κ2) is 39.3. The molecule has 6 aromatic heterocycles. The number of nitrogens with zero attached hydrogens (tertiary/aromatic N) is 12. The van der Waals surface area contributed by atoms with Gasteiger partial charge < -0.3 is 49.5 Å². The van der Waals surface area contributed by atoms with Gasteiger partial charge in [-0.05, 0) is 242 Å². The van der Waals surface area contributed by atoms with Crippen molar-refractivity contribution in [2.75, 3.05) is 96.2 Å². The molecule has 0 saturated carbocycles. The molecule has 6 aromatic carbocycles. The monoisotopic (exact) mass is 1730 g/mol. The van der Waals surface area contributed by atoms with Crippen molar-refractivity contribution in [3.8, 4) is 17.1 Å². The van der Waals surface area contributed by atoms with Gasteiger partial charge in [0.1, 0.15) is 16.7 Å². The first-order valence-corrected chi connectivity index (χ1v) is 40.1. The predicted molar refractivity (Wildman–Crippen MR) is 451 cm³/mol. The van der Waals surface area contributed by atoms with Crippen LogP contribution in [0.4, 0.5) is 74.4 Å². The molecule has 3 amide bonds. The van der Waals surface area contributed by atoms with Crippen LogP contribution in [0.25, 0.3) is 50.2 Å². The third kappa shape index (κ3) is 21.5. The van der Waals surface area contributed by atoms with Crippen molar-refractivity contribution in [1.82, 2.24) is 74.7 Å². The smallest absolute Gasteiger partial charge is 0.395 e. The Morgan fingerprint density at radius 3 is 0.936 bits per heavy atom. The Morgan fingerprint density at radius 2 is 0.688 bits per heavy atom. The van der Waals surface area contributed by atoms with Crippen LogP contribution in [-0.2, 0) is 33.0 Å². The molecule has 3 aliphatic heterocycles. The van der Waals surface area contributed by atoms with Crippen LogP contribution in [0, 0.1) is 0 Å². The van der Waals surface area contributed by atoms with E-state index in [4.69, 9.17) is 5.11 Å². The van der Waals surface area contributed by atoms with E-state index < -0.39 is 69.2 Å². The number of nitrogens with one attached hydrogen (secondary N) is 6. The summed E-state index contributed by atoms with van der Waals surface area (Å²) in [6.07, 6.45) is 0.359. The van der Waals surface area contributed by atoms with E-state index >= 15 is 0 Å². The molecule has 0 atom stereocenters. The molecule has 3 fully saturated rings. The molecular formula is C88H89F9N18O10. The largest absolute Gasteiger partial charge is 0.416 e. The van der Waals surface area contributed by atoms with Crippen molar-refractivity contribution in [3.05, 3.63) is 264 Å². The maximum atomic E-state index is 13.2. The maximum Gasteiger partial charge on any atom is 0.416 e. The van der Waals surface area contributed by atoms with Gasteiger partial charge in [0.15, 0.2) is 16.9 Å². The summed E-state index contributed by atoms with van der Waals surface area (Å²) in [6, 6.07) is 37.4. The molecule has 0 bridgehead atoms. The van der Waals surface area contributed by atoms with E-state index in [0.29, 0.717) is 36.0 Å². The van der Waals surface area contributed by atoms with Crippen LogP contribution in [0.2, 0.25) is 0 Å². The number of aliphatic hydroxyl groups excluding tert-OH is 1. The lowest BCUT2D eigenvalue weighted by atomic mass is 9.89. The summed E-state index contributed by atoms with van der Waals surface area (Å²) < 4.78 is 123. The first-order valence-electron chi connectivity index (χ1n) is 40.1. The van der Waals surface area contributed by atoms with Crippen LogP contribution in [0.5, 0.6) is 0 Å². The number of aliphatic hydroxyl groups is 1. The van der Waals surface area contributed by atoms with E-state index in [1.165, 1.54) is 125 Å². The summed E-state index contributed by atoms with van der Waals surface area (Å²) in [5, 5.41) is 18.5. The van der Waals surface area contributed by atoms with Crippen molar-refractivity contribution in [2.24, 2.45) is 0 Å². The summed E-state index contributed by atoms with van der Waals surface area (Å²) in [5.74, 6) is -0.530. The zero-order chi connectivity index (χ0) is 89.0. The summed E-state index contributed by atoms with van der Waals surface area (Å²) in [5.41, 5.74) is 7.94. The van der Waals surface area contributed by atoms with E-state index in [2.05, 4.69) is 137 Å². The fourth-order valence-electron chi connectivity index (χ4n) is 15.3. The second-order valence-corrected chi connectivity index (χ2v) is 30.3. The fraction of sp³-hybridized carbons (Fsp3) is 0.318. The number of halogens is 9. The molecule has 0 radical (unpaired) electrons. The number of fused-ring (bicyclic) bond motifs is 3. The van der Waals surface area contributed by atoms with Gasteiger partial charge >= 0.3 is 18.5 Å². The van der Waals surface area contributed by atoms with E-state index in [9.17, 15) is 68.3 Å². The number of carbonyl (C=O) groups is 3. The molecule has 0 spiro atoms. The van der Waals surface area contributed by atoms with Crippen molar-refractivity contribution in [3.63, 3.8) is 0 Å². The van der Waals surface area contributed by atoms with Gasteiger partial charge in [-0.15, -0.1) is 0 Å². The molecule has 37 heteroatoms. The third-order valence-corrected chi connectivity index (χ3v) is 22.2. The molecule has 3 aliphatic rings. The zero-order valence-corrected chi connectivity index (χ0v) is 68.6. The molecule has 125 heavy (non-hydrogen) atoms. The number of carbonyl (C=O) groups excluding carboxylic acids is 3. The quantitative estimate of drug-likeness (QED) is 0.0245. The molecule has 3 saturated heterocycles. The lowest BCUT2D eigenvalue weighted by Crippen LogP contribution is -2.37. The number of piperidine rings is 3. The van der Waals surface area contributed by atoms with E-state index in [1.54, 1.807) is 0 Å². The maximum absolute atomic E-state index is 13.2. The molecule has 654 valence electrons. The van der Waals surface area contributed by atoms with Crippen molar-refractivity contribution in [1.29, 1.82) is 0 Å². The normalized spacial score (nSPS) is 14.8. The van der Waals surface area contributed by atoms with Crippen molar-refractivity contribution >= 4 is 85.7 Å². The Kier molecular flexibility index (Phi) is 28.2. The van der Waals surface area contributed by atoms with Gasteiger partial charge in [0, 0.05) is 83.9 Å². The minimum atomic E-state index is -4.53. The minimum Gasteiger partial charge on any atom is -0.395 e. The van der Waals surface area contributed by atoms with Crippen molar-refractivity contribution < 1.29 is 73.5 Å². The molecule has 0 unspecified atom stereocenters. The number of benzene rings is 6. The average Bonchev–Trinajstić information content (AvgIpc) is 0.768. The van der Waals surface area contributed by atoms with E-state index in [-0.39, 0.29) is 91.3 Å². The first-order chi connectivity index (χ1) is 59.9. The number of hydrogen-bond acceptors (Lipinski definition) is 22. The summed E-state index contributed by atoms with van der Waals surface area (Å²) in [6.45, 7) is 14.7. The number of rotatable bonds is 22. The molecule has 0 aliphatic carbocycles. The van der Waals surface area contributed by atoms with Gasteiger partial charge in [-0.25, -0.2) is 31.4 Å². The van der Waals surface area contributed by atoms with Crippen molar-refractivity contribution in [2.45, 2.75) is 102 Å². The van der Waals surface area contributed by atoms with Crippen LogP contribution in [0.1, 0.15) is 142 Å². The van der Waals surface area contributed by atoms with Gasteiger partial charge in [0.25, 0.3) is 17.7 Å². The standard InChI is InChI=1S/C30H31F3N6O3.C29H29F3N6O4.C29H29F3N6O3/c1-18(2)38-14-12-20(13-15-38)19-4-8-22(9-5-19)35-29-34-16-24-26(40)25(28(41)37-42-3)17-39(27(24)36-29)23-10-6-21(7-11-23)30(31,32)33;1-42-36-27(41)24-17-38(22-8-4-20(5-9-22)29(30,31)32)26-23(25(24)40)16-33-28(35-26)34-21-6-2-18(3-7-21)19-10-12-37(13-11-19)14-15-39;1-3-37-14-12-19(13-15-37)18-4-8-21(9-5-18)34-28-33-16-23-25(39)24(27(40)36-41-2)17-38(26(23)35-28)22-10-6-20(7-11-22)29(30,31)32/h4-11,16-18,20H,12-15H2,1-3H3,(H,37,41)(H,34,35,36);2-9,16-17,19,39H,10-15H2,1H3,(H,36,41)(H,33,34,35);4-11,16-17,19H,3,12-15H2,1-2H3,(H,36,40)(H,33,34,35). The van der Waals surface area contributed by atoms with E-state index in [1.807, 2.05) is 48.5 Å². The highest BCUT2D eigenvalue weighted by molar-refractivity contribution is 5.98. The van der Waals surface area contributed by atoms with Gasteiger partial charge in [-0.2, -0.15) is 54.5 Å². The van der Waals surface area contributed by atoms with Gasteiger partial charge in [-0.3, -0.25) is 43.3 Å². The second-order valence-electron chi connectivity index (χ2n) is 30.3. The average molecular weight is 1730 g/mol. The summed E-state index contributed by atoms with van der Waals surface area (Å²) in [4.78, 5) is 124. The minimum absolute atomic E-state index is 0.00675. The van der Waals surface area contributed by atoms with Crippen LogP contribution < -0.4 is 48.7 Å². The molecule has 12 aromatic rings. The molecular weight excluding hydrogens is 1640 g/mol. The lowest BCUT2D eigenvalue weighted by Gasteiger charge is -2.34. The van der Waals surface area contributed by atoms with Gasteiger partial charge in [-0.1, -0.05) is 43.3 Å². The Morgan fingerprint density at radius 1 is 0.416 bits per heavy atom. The number of β-amino-alcohol motifs (C(OH)–C–C–N with tert-alkyl or cyclic N) is 1. The van der Waals surface area contributed by atoms with Crippen LogP contribution >= 0.6 is 0 Å². The molecule has 15 rings (SSSR count). The third-order valence-electron chi connectivity index (χ3n) is 22.2. The number of pyridine rings is 3. The predicted octanol–water partition coefficient (Wildman–Crippen LogP) is 14.5. The molecule has 7 N–H and O–H groups in total. The molecule has 28 nitrogen and oxygen atoms in total. The SMILES string of the molecule is CCN1CCC(c2ccc(Nc3ncc4c(=O)c(C(=O)NOC)cn(-c5ccc(C(F)(F)F)cc5)c4n3)cc2)CC1.CONC(=O)c1cn(-c2ccc(C(F)(F)F)cc2)c2nc(Nc3ccc(C4CCN(C(C)C)CC4)cc3)ncc2c1=O.CONC(=O)c1cn(-c2ccc(C(F)(F)F)cc2)c2nc(Nc3ccc(C4CCN(CCO)CC4)cc3)ncc2c1=O. The number of likely N-dealkylation sites (tertiary alicyclic amines) is 3. The van der Waals surface area contributed by atoms with Crippen LogP contribution in [0.15, 0.2) is 197 Å². The van der Waals surface area contributed by atoms with Crippen LogP contribution in [0.3, 0.4) is 0 Å². The Balaban J connectivity index is 0.000000161. The Hall–Kier alpha value is -12.9. The van der Waals surface area contributed by atoms with Crippen LogP contribution in [-0.4, -0.2) is 167 Å². The highest BCUT2D eigenvalue weighted by Gasteiger charge is 2.34. The topological polar surface area (TPSA) is 324 Å². The summed E-state index contributed by atoms with van der Waals surface area (Å²) >= 11 is 0. The zero-order valence-electron chi connectivity index (χ0n) is 68.6. The highest BCUT2D eigenvalue weighted by Crippen LogP contribution is 2.37. The summed E-state index contributed by atoms with van der Waals surface area (Å²) in [7, 11) is 3.65. The van der Waals surface area contributed by atoms with Gasteiger partial charge in [0.05, 0.1) is 60.8 Å². The lowest BCUT2D eigenvalue weighted by molar-refractivity contribution is -0.138. The van der Waals surface area contributed by atoms with Gasteiger partial charge in [0.2, 0.25) is 34.1 Å². The Bertz CT molecular complexity index is 6000.